The standard InChI is InChI=1S/C18H30N4O4.2ClH/c1-12(2)17(19)18(24)21-11-16(23)20-10-14(15-5-4-13(3)26-15)22-6-8-25-9-7-22;;/h4-5,12,14,17H,6-11,19H2,1-3H3,(H,20,23)(H,21,24);2*1H/t14?,17-;;/m0../s1. The number of carbonyl (C=O) groups excluding carboxylic acids is 2. The predicted octanol–water partition coefficient (Wildman–Crippen LogP) is 1.02. The Bertz CT molecular complexity index is 606. The molecule has 0 bridgehead atoms. The van der Waals surface area contributed by atoms with Crippen LogP contribution in [0.1, 0.15) is 31.4 Å². The quantitative estimate of drug-likeness (QED) is 0.558. The van der Waals surface area contributed by atoms with E-state index in [4.69, 9.17) is 14.9 Å². The van der Waals surface area contributed by atoms with Crippen LogP contribution in [0, 0.1) is 12.8 Å². The minimum absolute atomic E-state index is 0. The first-order chi connectivity index (χ1) is 12.4. The average molecular weight is 439 g/mol. The third-order valence-corrected chi connectivity index (χ3v) is 4.51. The summed E-state index contributed by atoms with van der Waals surface area (Å²) in [6.45, 7) is 8.81. The van der Waals surface area contributed by atoms with Gasteiger partial charge in [0.15, 0.2) is 0 Å². The number of amides is 2. The summed E-state index contributed by atoms with van der Waals surface area (Å²) in [5.74, 6) is 1.10. The zero-order valence-corrected chi connectivity index (χ0v) is 18.2. The minimum atomic E-state index is -0.616. The van der Waals surface area contributed by atoms with Crippen molar-refractivity contribution >= 4 is 36.6 Å². The number of aryl methyl sites for hydroxylation is 1. The van der Waals surface area contributed by atoms with Gasteiger partial charge >= 0.3 is 0 Å². The van der Waals surface area contributed by atoms with Crippen LogP contribution >= 0.6 is 24.8 Å². The Morgan fingerprint density at radius 2 is 1.82 bits per heavy atom. The molecule has 0 aromatic carbocycles. The molecule has 28 heavy (non-hydrogen) atoms. The Hall–Kier alpha value is -1.32. The summed E-state index contributed by atoms with van der Waals surface area (Å²) in [4.78, 5) is 26.2. The van der Waals surface area contributed by atoms with E-state index in [2.05, 4.69) is 15.5 Å². The van der Waals surface area contributed by atoms with Crippen LogP contribution in [0.15, 0.2) is 16.5 Å². The van der Waals surface area contributed by atoms with Crippen molar-refractivity contribution in [2.75, 3.05) is 39.4 Å². The average Bonchev–Trinajstić information content (AvgIpc) is 3.06. The number of nitrogens with one attached hydrogen (secondary N) is 2. The van der Waals surface area contributed by atoms with Crippen LogP contribution in [0.2, 0.25) is 0 Å². The first-order valence-electron chi connectivity index (χ1n) is 9.06. The van der Waals surface area contributed by atoms with Gasteiger partial charge in [-0.2, -0.15) is 0 Å². The van der Waals surface area contributed by atoms with Crippen molar-refractivity contribution in [1.82, 2.24) is 15.5 Å². The first-order valence-corrected chi connectivity index (χ1v) is 9.06. The van der Waals surface area contributed by atoms with Crippen molar-refractivity contribution in [2.24, 2.45) is 11.7 Å². The number of nitrogens with zero attached hydrogens (tertiary/aromatic N) is 1. The summed E-state index contributed by atoms with van der Waals surface area (Å²) in [5.41, 5.74) is 5.77. The van der Waals surface area contributed by atoms with E-state index in [0.29, 0.717) is 19.8 Å². The number of furan rings is 1. The van der Waals surface area contributed by atoms with Crippen LogP contribution in [0.25, 0.3) is 0 Å². The van der Waals surface area contributed by atoms with Crippen LogP contribution in [-0.4, -0.2) is 62.1 Å². The Kier molecular flexibility index (Phi) is 12.4. The summed E-state index contributed by atoms with van der Waals surface area (Å²) in [6, 6.07) is 3.17. The topological polar surface area (TPSA) is 110 Å². The van der Waals surface area contributed by atoms with E-state index < -0.39 is 6.04 Å². The molecule has 1 unspecified atom stereocenters. The Morgan fingerprint density at radius 1 is 1.18 bits per heavy atom. The molecule has 0 saturated carbocycles. The molecule has 1 saturated heterocycles. The van der Waals surface area contributed by atoms with Crippen LogP contribution in [0.5, 0.6) is 0 Å². The van der Waals surface area contributed by atoms with Gasteiger partial charge in [-0.3, -0.25) is 14.5 Å². The van der Waals surface area contributed by atoms with Gasteiger partial charge in [-0.1, -0.05) is 13.8 Å². The molecule has 1 aromatic rings. The minimum Gasteiger partial charge on any atom is -0.465 e. The van der Waals surface area contributed by atoms with Gasteiger partial charge in [0.25, 0.3) is 0 Å². The van der Waals surface area contributed by atoms with Gasteiger partial charge in [0.2, 0.25) is 11.8 Å². The normalized spacial score (nSPS) is 16.5. The smallest absolute Gasteiger partial charge is 0.239 e. The van der Waals surface area contributed by atoms with Crippen LogP contribution in [0.4, 0.5) is 0 Å². The van der Waals surface area contributed by atoms with Gasteiger partial charge in [-0.25, -0.2) is 0 Å². The monoisotopic (exact) mass is 438 g/mol. The molecule has 2 atom stereocenters. The number of carbonyl (C=O) groups is 2. The molecule has 0 radical (unpaired) electrons. The molecule has 2 rings (SSSR count). The number of halogens is 2. The van der Waals surface area contributed by atoms with E-state index >= 15 is 0 Å². The van der Waals surface area contributed by atoms with E-state index in [1.807, 2.05) is 32.9 Å². The first kappa shape index (κ1) is 26.7. The molecule has 4 N–H and O–H groups in total. The van der Waals surface area contributed by atoms with Crippen molar-refractivity contribution in [3.8, 4) is 0 Å². The summed E-state index contributed by atoms with van der Waals surface area (Å²) in [6.07, 6.45) is 0. The fraction of sp³-hybridized carbons (Fsp3) is 0.667. The summed E-state index contributed by atoms with van der Waals surface area (Å²) in [7, 11) is 0. The van der Waals surface area contributed by atoms with Crippen LogP contribution < -0.4 is 16.4 Å². The highest BCUT2D eigenvalue weighted by Gasteiger charge is 2.26. The second-order valence-corrected chi connectivity index (χ2v) is 6.90. The lowest BCUT2D eigenvalue weighted by Crippen LogP contribution is -2.48. The van der Waals surface area contributed by atoms with Gasteiger partial charge in [0.05, 0.1) is 31.8 Å². The molecule has 162 valence electrons. The largest absolute Gasteiger partial charge is 0.465 e. The van der Waals surface area contributed by atoms with E-state index in [1.54, 1.807) is 0 Å². The van der Waals surface area contributed by atoms with E-state index in [1.165, 1.54) is 0 Å². The maximum atomic E-state index is 12.1. The Morgan fingerprint density at radius 3 is 2.36 bits per heavy atom. The Labute approximate surface area is 178 Å². The van der Waals surface area contributed by atoms with Crippen molar-refractivity contribution in [3.63, 3.8) is 0 Å². The lowest BCUT2D eigenvalue weighted by molar-refractivity contribution is -0.127. The predicted molar refractivity (Wildman–Crippen MR) is 112 cm³/mol. The number of hydrogen-bond acceptors (Lipinski definition) is 6. The molecule has 1 aliphatic rings. The lowest BCUT2D eigenvalue weighted by Gasteiger charge is -2.33. The zero-order chi connectivity index (χ0) is 19.1. The van der Waals surface area contributed by atoms with E-state index in [9.17, 15) is 9.59 Å². The fourth-order valence-electron chi connectivity index (χ4n) is 2.79. The number of morpholine rings is 1. The zero-order valence-electron chi connectivity index (χ0n) is 16.6. The summed E-state index contributed by atoms with van der Waals surface area (Å²) < 4.78 is 11.2. The number of nitrogens with two attached hydrogens (primary N) is 1. The molecule has 0 aliphatic carbocycles. The fourth-order valence-corrected chi connectivity index (χ4v) is 2.79. The highest BCUT2D eigenvalue weighted by Crippen LogP contribution is 2.23. The molecular formula is C18H32Cl2N4O4. The highest BCUT2D eigenvalue weighted by molar-refractivity contribution is 5.87. The third kappa shape index (κ3) is 7.97. The molecular weight excluding hydrogens is 407 g/mol. The second kappa shape index (κ2) is 13.0. The lowest BCUT2D eigenvalue weighted by atomic mass is 10.1. The summed E-state index contributed by atoms with van der Waals surface area (Å²) in [5, 5.41) is 5.45. The molecule has 10 heteroatoms. The van der Waals surface area contributed by atoms with Gasteiger partial charge in [0, 0.05) is 19.6 Å². The molecule has 1 aromatic heterocycles. The molecule has 8 nitrogen and oxygen atoms in total. The van der Waals surface area contributed by atoms with Crippen molar-refractivity contribution < 1.29 is 18.7 Å². The highest BCUT2D eigenvalue weighted by atomic mass is 35.5. The van der Waals surface area contributed by atoms with Crippen LogP contribution in [-0.2, 0) is 14.3 Å². The van der Waals surface area contributed by atoms with Gasteiger partial charge in [0.1, 0.15) is 11.5 Å². The number of ether oxygens (including phenoxy) is 1. The SMILES string of the molecule is Cc1ccc(C(CNC(=O)CNC(=O)[C@@H](N)C(C)C)N2CCOCC2)o1.Cl.Cl. The van der Waals surface area contributed by atoms with Crippen molar-refractivity contribution in [2.45, 2.75) is 32.9 Å². The Balaban J connectivity index is 0.00000364. The molecule has 1 aliphatic heterocycles. The van der Waals surface area contributed by atoms with Crippen molar-refractivity contribution in [3.05, 3.63) is 23.7 Å². The maximum Gasteiger partial charge on any atom is 0.239 e. The molecule has 2 heterocycles. The van der Waals surface area contributed by atoms with Crippen LogP contribution in [0.3, 0.4) is 0 Å². The molecule has 0 spiro atoms. The number of rotatable bonds is 8. The number of hydrogen-bond donors (Lipinski definition) is 3. The van der Waals surface area contributed by atoms with Gasteiger partial charge in [-0.05, 0) is 25.0 Å². The van der Waals surface area contributed by atoms with Crippen molar-refractivity contribution in [1.29, 1.82) is 0 Å². The van der Waals surface area contributed by atoms with E-state index in [-0.39, 0.29) is 55.1 Å². The van der Waals surface area contributed by atoms with Gasteiger partial charge < -0.3 is 25.5 Å². The van der Waals surface area contributed by atoms with E-state index in [0.717, 1.165) is 24.6 Å². The maximum absolute atomic E-state index is 12.1. The molecule has 2 amide bonds. The second-order valence-electron chi connectivity index (χ2n) is 6.90. The molecule has 1 fully saturated rings. The van der Waals surface area contributed by atoms with Gasteiger partial charge in [-0.15, -0.1) is 24.8 Å². The third-order valence-electron chi connectivity index (χ3n) is 4.51. The summed E-state index contributed by atoms with van der Waals surface area (Å²) >= 11 is 0.